The first-order valence-electron chi connectivity index (χ1n) is 6.06. The standard InChI is InChI=1S/C14H16F2N/c15-13(16)12-6-14(7-12)9-17(10-14)8-11-4-2-1-3-5-11/h1-5,13H,6-10H2. The highest BCUT2D eigenvalue weighted by Crippen LogP contribution is 2.55. The van der Waals surface area contributed by atoms with Crippen molar-refractivity contribution in [3.8, 4) is 0 Å². The van der Waals surface area contributed by atoms with Crippen molar-refractivity contribution >= 4 is 0 Å². The van der Waals surface area contributed by atoms with Crippen LogP contribution in [0.1, 0.15) is 18.4 Å². The van der Waals surface area contributed by atoms with Gasteiger partial charge in [-0.3, -0.25) is 4.90 Å². The summed E-state index contributed by atoms with van der Waals surface area (Å²) in [6.07, 6.45) is -0.893. The average molecular weight is 236 g/mol. The highest BCUT2D eigenvalue weighted by atomic mass is 19.3. The van der Waals surface area contributed by atoms with Gasteiger partial charge >= 0.3 is 0 Å². The number of likely N-dealkylation sites (tertiary alicyclic amines) is 1. The summed E-state index contributed by atoms with van der Waals surface area (Å²) in [5.74, 6) is 0.462. The Labute approximate surface area is 100 Å². The van der Waals surface area contributed by atoms with Crippen LogP contribution in [-0.2, 0) is 6.54 Å². The third-order valence-electron chi connectivity index (χ3n) is 3.88. The predicted molar refractivity (Wildman–Crippen MR) is 62.6 cm³/mol. The Hall–Kier alpha value is -0.960. The van der Waals surface area contributed by atoms with Gasteiger partial charge in [0.05, 0.1) is 0 Å². The fraction of sp³-hybridized carbons (Fsp3) is 0.500. The van der Waals surface area contributed by atoms with E-state index in [0.29, 0.717) is 18.8 Å². The Morgan fingerprint density at radius 2 is 1.76 bits per heavy atom. The number of benzene rings is 1. The molecule has 0 N–H and O–H groups in total. The summed E-state index contributed by atoms with van der Waals surface area (Å²) in [5.41, 5.74) is 1.51. The third kappa shape index (κ3) is 2.08. The molecule has 91 valence electrons. The molecule has 3 heteroatoms. The van der Waals surface area contributed by atoms with Gasteiger partial charge in [0.1, 0.15) is 0 Å². The summed E-state index contributed by atoms with van der Waals surface area (Å²) in [4.78, 5) is 2.34. The van der Waals surface area contributed by atoms with Crippen LogP contribution in [-0.4, -0.2) is 24.4 Å². The first-order valence-corrected chi connectivity index (χ1v) is 6.06. The van der Waals surface area contributed by atoms with Crippen LogP contribution in [0.4, 0.5) is 8.78 Å². The molecule has 1 heterocycles. The number of hydrogen-bond donors (Lipinski definition) is 0. The molecule has 0 atom stereocenters. The molecule has 2 aliphatic rings. The van der Waals surface area contributed by atoms with E-state index < -0.39 is 6.43 Å². The van der Waals surface area contributed by atoms with Crippen molar-refractivity contribution < 1.29 is 8.78 Å². The van der Waals surface area contributed by atoms with Crippen molar-refractivity contribution in [1.82, 2.24) is 4.90 Å². The smallest absolute Gasteiger partial charge is 0.244 e. The van der Waals surface area contributed by atoms with Crippen LogP contribution >= 0.6 is 0 Å². The van der Waals surface area contributed by atoms with E-state index in [4.69, 9.17) is 0 Å². The number of rotatable bonds is 3. The number of halogens is 2. The minimum absolute atomic E-state index is 0.209. The van der Waals surface area contributed by atoms with E-state index in [1.54, 1.807) is 0 Å². The molecule has 3 rings (SSSR count). The molecule has 1 aromatic rings. The van der Waals surface area contributed by atoms with E-state index in [1.807, 2.05) is 18.2 Å². The Balaban J connectivity index is 1.47. The van der Waals surface area contributed by atoms with Gasteiger partial charge < -0.3 is 0 Å². The van der Waals surface area contributed by atoms with Gasteiger partial charge in [-0.15, -0.1) is 0 Å². The van der Waals surface area contributed by atoms with Gasteiger partial charge in [0.2, 0.25) is 6.43 Å². The number of nitrogens with zero attached hydrogens (tertiary/aromatic N) is 1. The lowest BCUT2D eigenvalue weighted by molar-refractivity contribution is -0.0729. The van der Waals surface area contributed by atoms with Crippen LogP contribution in [0.15, 0.2) is 30.3 Å². The van der Waals surface area contributed by atoms with Crippen LogP contribution in [0.3, 0.4) is 0 Å². The lowest BCUT2D eigenvalue weighted by Crippen LogP contribution is -2.62. The van der Waals surface area contributed by atoms with Crippen LogP contribution in [0.25, 0.3) is 0 Å². The number of hydrogen-bond acceptors (Lipinski definition) is 1. The Morgan fingerprint density at radius 3 is 2.35 bits per heavy atom. The van der Waals surface area contributed by atoms with Crippen molar-refractivity contribution in [3.63, 3.8) is 0 Å². The zero-order chi connectivity index (χ0) is 11.9. The number of alkyl halides is 2. The second-order valence-electron chi connectivity index (χ2n) is 5.44. The molecular formula is C14H16F2N. The molecule has 1 spiro atoms. The quantitative estimate of drug-likeness (QED) is 0.779. The average Bonchev–Trinajstić information content (AvgIpc) is 2.20. The van der Waals surface area contributed by atoms with Gasteiger partial charge in [-0.25, -0.2) is 8.78 Å². The molecule has 1 aliphatic carbocycles. The van der Waals surface area contributed by atoms with Gasteiger partial charge in [-0.1, -0.05) is 30.3 Å². The molecule has 1 radical (unpaired) electrons. The molecule has 1 saturated carbocycles. The molecule has 0 amide bonds. The van der Waals surface area contributed by atoms with Crippen molar-refractivity contribution in [2.75, 3.05) is 13.1 Å². The molecule has 1 saturated heterocycles. The first-order chi connectivity index (χ1) is 8.17. The normalized spacial score (nSPS) is 23.7. The van der Waals surface area contributed by atoms with Crippen molar-refractivity contribution in [2.24, 2.45) is 5.41 Å². The topological polar surface area (TPSA) is 3.24 Å². The first kappa shape index (κ1) is 11.1. The monoisotopic (exact) mass is 236 g/mol. The second kappa shape index (κ2) is 4.05. The Morgan fingerprint density at radius 1 is 1.12 bits per heavy atom. The Bertz CT molecular complexity index is 376. The van der Waals surface area contributed by atoms with Crippen molar-refractivity contribution in [3.05, 3.63) is 41.8 Å². The van der Waals surface area contributed by atoms with E-state index in [0.717, 1.165) is 19.6 Å². The van der Waals surface area contributed by atoms with Gasteiger partial charge in [-0.05, 0) is 23.8 Å². The summed E-state index contributed by atoms with van der Waals surface area (Å²) in [7, 11) is 0. The van der Waals surface area contributed by atoms with E-state index in [-0.39, 0.29) is 5.41 Å². The minimum atomic E-state index is -2.19. The zero-order valence-corrected chi connectivity index (χ0v) is 9.70. The maximum atomic E-state index is 12.4. The second-order valence-corrected chi connectivity index (χ2v) is 5.44. The van der Waals surface area contributed by atoms with Gasteiger partial charge in [0, 0.05) is 25.6 Å². The molecular weight excluding hydrogens is 220 g/mol. The summed E-state index contributed by atoms with van der Waals surface area (Å²) in [6.45, 7) is 2.92. The summed E-state index contributed by atoms with van der Waals surface area (Å²) in [6, 6.07) is 10.3. The van der Waals surface area contributed by atoms with Crippen molar-refractivity contribution in [1.29, 1.82) is 0 Å². The molecule has 0 bridgehead atoms. The molecule has 2 fully saturated rings. The third-order valence-corrected chi connectivity index (χ3v) is 3.88. The maximum absolute atomic E-state index is 12.4. The minimum Gasteiger partial charge on any atom is -0.298 e. The Kier molecular flexibility index (Phi) is 2.66. The lowest BCUT2D eigenvalue weighted by Gasteiger charge is -2.58. The van der Waals surface area contributed by atoms with E-state index >= 15 is 0 Å². The highest BCUT2D eigenvalue weighted by Gasteiger charge is 2.54. The highest BCUT2D eigenvalue weighted by molar-refractivity contribution is 5.21. The lowest BCUT2D eigenvalue weighted by atomic mass is 9.58. The van der Waals surface area contributed by atoms with Gasteiger partial charge in [0.15, 0.2) is 0 Å². The molecule has 1 aliphatic heterocycles. The van der Waals surface area contributed by atoms with Gasteiger partial charge in [0.25, 0.3) is 0 Å². The summed E-state index contributed by atoms with van der Waals surface area (Å²) in [5, 5.41) is 0. The summed E-state index contributed by atoms with van der Waals surface area (Å²) >= 11 is 0. The van der Waals surface area contributed by atoms with E-state index in [9.17, 15) is 8.78 Å². The van der Waals surface area contributed by atoms with Crippen LogP contribution < -0.4 is 0 Å². The van der Waals surface area contributed by atoms with Crippen LogP contribution in [0, 0.1) is 11.3 Å². The molecule has 0 unspecified atom stereocenters. The zero-order valence-electron chi connectivity index (χ0n) is 9.70. The molecule has 1 nitrogen and oxygen atoms in total. The molecule has 1 aromatic carbocycles. The fourth-order valence-corrected chi connectivity index (χ4v) is 3.15. The van der Waals surface area contributed by atoms with Gasteiger partial charge in [-0.2, -0.15) is 0 Å². The van der Waals surface area contributed by atoms with E-state index in [1.165, 1.54) is 5.56 Å². The summed E-state index contributed by atoms with van der Waals surface area (Å²) < 4.78 is 24.8. The van der Waals surface area contributed by atoms with Crippen LogP contribution in [0.2, 0.25) is 0 Å². The molecule has 17 heavy (non-hydrogen) atoms. The van der Waals surface area contributed by atoms with Crippen LogP contribution in [0.5, 0.6) is 0 Å². The van der Waals surface area contributed by atoms with E-state index in [2.05, 4.69) is 17.0 Å². The fourth-order valence-electron chi connectivity index (χ4n) is 3.15. The SMILES string of the molecule is FC(F)[C]1CC2(C1)CN(Cc1ccccc1)C2. The van der Waals surface area contributed by atoms with Crippen molar-refractivity contribution in [2.45, 2.75) is 25.8 Å². The maximum Gasteiger partial charge on any atom is 0.244 e. The largest absolute Gasteiger partial charge is 0.298 e. The molecule has 0 aromatic heterocycles. The predicted octanol–water partition coefficient (Wildman–Crippen LogP) is 3.12.